The third-order valence-corrected chi connectivity index (χ3v) is 4.88. The lowest BCUT2D eigenvalue weighted by Gasteiger charge is -2.05. The molecular formula is C19H14N4O4S. The van der Waals surface area contributed by atoms with Crippen LogP contribution in [0.3, 0.4) is 0 Å². The van der Waals surface area contributed by atoms with Crippen LogP contribution in [-0.4, -0.2) is 23.2 Å². The number of rotatable bonds is 6. The number of fused-ring (bicyclic) bond motifs is 1. The Morgan fingerprint density at radius 2 is 2.11 bits per heavy atom. The van der Waals surface area contributed by atoms with Crippen LogP contribution in [0.5, 0.6) is 5.75 Å². The lowest BCUT2D eigenvalue weighted by atomic mass is 10.1. The molecule has 0 unspecified atom stereocenters. The van der Waals surface area contributed by atoms with Crippen molar-refractivity contribution in [1.29, 1.82) is 0 Å². The van der Waals surface area contributed by atoms with Crippen LogP contribution in [0.15, 0.2) is 64.1 Å². The Balaban J connectivity index is 1.51. The van der Waals surface area contributed by atoms with Gasteiger partial charge in [-0.3, -0.25) is 15.5 Å². The number of hydrogen-bond acceptors (Lipinski definition) is 8. The monoisotopic (exact) mass is 394 g/mol. The molecule has 0 radical (unpaired) electrons. The zero-order valence-corrected chi connectivity index (χ0v) is 15.5. The Morgan fingerprint density at radius 3 is 2.89 bits per heavy atom. The first-order valence-corrected chi connectivity index (χ1v) is 9.03. The molecule has 0 aliphatic carbocycles. The summed E-state index contributed by atoms with van der Waals surface area (Å²) in [7, 11) is 1.45. The van der Waals surface area contributed by atoms with Gasteiger partial charge in [0.2, 0.25) is 5.13 Å². The van der Waals surface area contributed by atoms with E-state index in [2.05, 4.69) is 15.5 Å². The summed E-state index contributed by atoms with van der Waals surface area (Å²) in [6, 6.07) is 15.7. The smallest absolute Gasteiger partial charge is 0.273 e. The van der Waals surface area contributed by atoms with Gasteiger partial charge >= 0.3 is 0 Å². The van der Waals surface area contributed by atoms with Crippen LogP contribution in [0, 0.1) is 10.1 Å². The number of thiazole rings is 1. The second-order valence-corrected chi connectivity index (χ2v) is 6.73. The summed E-state index contributed by atoms with van der Waals surface area (Å²) in [6.45, 7) is 0. The highest BCUT2D eigenvalue weighted by atomic mass is 32.1. The molecule has 0 amide bonds. The summed E-state index contributed by atoms with van der Waals surface area (Å²) in [5.74, 6) is 1.40. The fraction of sp³-hybridized carbons (Fsp3) is 0.0526. The van der Waals surface area contributed by atoms with Crippen LogP contribution in [0.4, 0.5) is 10.8 Å². The number of para-hydroxylation sites is 1. The molecule has 2 aromatic carbocycles. The van der Waals surface area contributed by atoms with E-state index in [0.717, 1.165) is 10.2 Å². The number of furan rings is 1. The van der Waals surface area contributed by atoms with Gasteiger partial charge in [-0.2, -0.15) is 5.10 Å². The first-order chi connectivity index (χ1) is 13.6. The summed E-state index contributed by atoms with van der Waals surface area (Å²) < 4.78 is 12.1. The minimum atomic E-state index is -0.472. The van der Waals surface area contributed by atoms with Crippen LogP contribution in [0.1, 0.15) is 5.76 Å². The minimum absolute atomic E-state index is 0.0472. The summed E-state index contributed by atoms with van der Waals surface area (Å²) in [4.78, 5) is 14.9. The van der Waals surface area contributed by atoms with E-state index in [1.807, 2.05) is 24.3 Å². The summed E-state index contributed by atoms with van der Waals surface area (Å²) in [5.41, 5.74) is 4.37. The number of hydrogen-bond donors (Lipinski definition) is 1. The molecule has 0 saturated heterocycles. The molecule has 9 heteroatoms. The standard InChI is InChI=1S/C19H14N4O4S/c1-26-17-10-12(23(24)25)6-8-14(17)16-9-7-13(27-16)11-20-22-19-21-15-4-2-3-5-18(15)28-19/h2-11H,1H3,(H,21,22)/b20-11-. The molecule has 28 heavy (non-hydrogen) atoms. The van der Waals surface area contributed by atoms with E-state index in [0.29, 0.717) is 28.0 Å². The number of aromatic nitrogens is 1. The van der Waals surface area contributed by atoms with Gasteiger partial charge in [0, 0.05) is 6.07 Å². The second-order valence-electron chi connectivity index (χ2n) is 5.70. The average molecular weight is 394 g/mol. The predicted octanol–water partition coefficient (Wildman–Crippen LogP) is 4.92. The summed E-state index contributed by atoms with van der Waals surface area (Å²) in [6.07, 6.45) is 1.54. The molecule has 0 fully saturated rings. The largest absolute Gasteiger partial charge is 0.496 e. The predicted molar refractivity (Wildman–Crippen MR) is 108 cm³/mol. The molecule has 4 rings (SSSR count). The fourth-order valence-electron chi connectivity index (χ4n) is 2.64. The van der Waals surface area contributed by atoms with Gasteiger partial charge in [0.15, 0.2) is 0 Å². The van der Waals surface area contributed by atoms with Gasteiger partial charge in [0.1, 0.15) is 17.3 Å². The molecule has 0 aliphatic rings. The number of nitrogens with one attached hydrogen (secondary N) is 1. The zero-order valence-electron chi connectivity index (χ0n) is 14.7. The molecule has 4 aromatic rings. The number of benzene rings is 2. The van der Waals surface area contributed by atoms with E-state index >= 15 is 0 Å². The number of nitro groups is 1. The lowest BCUT2D eigenvalue weighted by Crippen LogP contribution is -1.92. The first-order valence-electron chi connectivity index (χ1n) is 8.21. The molecular weight excluding hydrogens is 380 g/mol. The topological polar surface area (TPSA) is 103 Å². The normalized spacial score (nSPS) is 11.2. The second kappa shape index (κ2) is 7.49. The number of anilines is 1. The number of non-ortho nitro benzene ring substituents is 1. The molecule has 140 valence electrons. The van der Waals surface area contributed by atoms with Crippen molar-refractivity contribution in [2.75, 3.05) is 12.5 Å². The third kappa shape index (κ3) is 3.55. The van der Waals surface area contributed by atoms with Crippen LogP contribution in [0.25, 0.3) is 21.5 Å². The van der Waals surface area contributed by atoms with Crippen molar-refractivity contribution in [2.24, 2.45) is 5.10 Å². The van der Waals surface area contributed by atoms with Crippen LogP contribution >= 0.6 is 11.3 Å². The van der Waals surface area contributed by atoms with Gasteiger partial charge in [-0.05, 0) is 30.3 Å². The number of hydrazone groups is 1. The Bertz CT molecular complexity index is 1150. The maximum absolute atomic E-state index is 10.9. The van der Waals surface area contributed by atoms with Crippen molar-refractivity contribution in [1.82, 2.24) is 4.98 Å². The molecule has 0 atom stereocenters. The molecule has 8 nitrogen and oxygen atoms in total. The van der Waals surface area contributed by atoms with Gasteiger partial charge in [-0.15, -0.1) is 0 Å². The molecule has 2 aromatic heterocycles. The van der Waals surface area contributed by atoms with Crippen LogP contribution in [0.2, 0.25) is 0 Å². The molecule has 0 bridgehead atoms. The highest BCUT2D eigenvalue weighted by molar-refractivity contribution is 7.22. The van der Waals surface area contributed by atoms with Crippen molar-refractivity contribution < 1.29 is 14.1 Å². The van der Waals surface area contributed by atoms with E-state index in [1.54, 1.807) is 18.2 Å². The maximum Gasteiger partial charge on any atom is 0.273 e. The third-order valence-electron chi connectivity index (χ3n) is 3.93. The average Bonchev–Trinajstić information content (AvgIpc) is 3.34. The lowest BCUT2D eigenvalue weighted by molar-refractivity contribution is -0.384. The summed E-state index contributed by atoms with van der Waals surface area (Å²) >= 11 is 1.50. The molecule has 0 saturated carbocycles. The highest BCUT2D eigenvalue weighted by Gasteiger charge is 2.15. The quantitative estimate of drug-likeness (QED) is 0.283. The van der Waals surface area contributed by atoms with Crippen molar-refractivity contribution in [2.45, 2.75) is 0 Å². The first kappa shape index (κ1) is 17.7. The Labute approximate surface area is 163 Å². The van der Waals surface area contributed by atoms with Gasteiger partial charge in [-0.25, -0.2) is 4.98 Å². The SMILES string of the molecule is COc1cc([N+](=O)[O-])ccc1-c1ccc(/C=N\Nc2nc3ccccc3s2)o1. The van der Waals surface area contributed by atoms with Crippen molar-refractivity contribution in [3.8, 4) is 17.1 Å². The van der Waals surface area contributed by atoms with Gasteiger partial charge < -0.3 is 9.15 Å². The number of ether oxygens (including phenoxy) is 1. The number of nitrogens with zero attached hydrogens (tertiary/aromatic N) is 3. The number of nitro benzene ring substituents is 1. The maximum atomic E-state index is 10.9. The van der Waals surface area contributed by atoms with Crippen LogP contribution < -0.4 is 10.2 Å². The van der Waals surface area contributed by atoms with E-state index in [4.69, 9.17) is 9.15 Å². The summed E-state index contributed by atoms with van der Waals surface area (Å²) in [5, 5.41) is 15.7. The fourth-order valence-corrected chi connectivity index (χ4v) is 3.45. The van der Waals surface area contributed by atoms with Gasteiger partial charge in [0.05, 0.1) is 40.1 Å². The Hall–Kier alpha value is -3.72. The highest BCUT2D eigenvalue weighted by Crippen LogP contribution is 2.34. The van der Waals surface area contributed by atoms with Gasteiger partial charge in [0.25, 0.3) is 5.69 Å². The van der Waals surface area contributed by atoms with Crippen LogP contribution in [-0.2, 0) is 0 Å². The molecule has 0 aliphatic heterocycles. The van der Waals surface area contributed by atoms with E-state index < -0.39 is 4.92 Å². The Morgan fingerprint density at radius 1 is 1.25 bits per heavy atom. The zero-order chi connectivity index (χ0) is 19.5. The Kier molecular flexibility index (Phi) is 4.73. The number of methoxy groups -OCH3 is 1. The van der Waals surface area contributed by atoms with E-state index in [-0.39, 0.29) is 5.69 Å². The van der Waals surface area contributed by atoms with Crippen molar-refractivity contribution >= 4 is 38.6 Å². The van der Waals surface area contributed by atoms with Crippen molar-refractivity contribution in [3.05, 3.63) is 70.5 Å². The molecule has 1 N–H and O–H groups in total. The van der Waals surface area contributed by atoms with E-state index in [1.165, 1.54) is 36.8 Å². The van der Waals surface area contributed by atoms with Crippen molar-refractivity contribution in [3.63, 3.8) is 0 Å². The van der Waals surface area contributed by atoms with E-state index in [9.17, 15) is 10.1 Å². The van der Waals surface area contributed by atoms with Gasteiger partial charge in [-0.1, -0.05) is 23.5 Å². The minimum Gasteiger partial charge on any atom is -0.496 e. The molecule has 0 spiro atoms. The molecule has 2 heterocycles.